The zero-order valence-electron chi connectivity index (χ0n) is 12.6. The first kappa shape index (κ1) is 14.8. The Morgan fingerprint density at radius 2 is 2.09 bits per heavy atom. The van der Waals surface area contributed by atoms with Crippen molar-refractivity contribution in [2.45, 2.75) is 6.92 Å². The van der Waals surface area contributed by atoms with E-state index in [0.29, 0.717) is 23.7 Å². The zero-order chi connectivity index (χ0) is 16.1. The minimum absolute atomic E-state index is 0.0592. The number of hydrogen-bond donors (Lipinski definition) is 2. The van der Waals surface area contributed by atoms with Gasteiger partial charge >= 0.3 is 0 Å². The quantitative estimate of drug-likeness (QED) is 0.559. The van der Waals surface area contributed by atoms with Crippen LogP contribution in [0, 0.1) is 0 Å². The van der Waals surface area contributed by atoms with E-state index in [1.165, 1.54) is 6.21 Å². The molecule has 0 aliphatic rings. The number of hydrazone groups is 1. The van der Waals surface area contributed by atoms with Crippen LogP contribution in [0.25, 0.3) is 10.8 Å². The molecular formula is C17H16N4O2. The third-order valence-corrected chi connectivity index (χ3v) is 3.27. The van der Waals surface area contributed by atoms with Gasteiger partial charge in [-0.2, -0.15) is 10.2 Å². The number of rotatable bonds is 5. The number of nitrogens with zero attached hydrogens (tertiary/aromatic N) is 3. The van der Waals surface area contributed by atoms with Crippen LogP contribution in [0.4, 0.5) is 5.82 Å². The maximum absolute atomic E-state index is 10.1. The fourth-order valence-electron chi connectivity index (χ4n) is 2.19. The summed E-state index contributed by atoms with van der Waals surface area (Å²) in [4.78, 5) is 0. The van der Waals surface area contributed by atoms with Crippen LogP contribution in [0.3, 0.4) is 0 Å². The van der Waals surface area contributed by atoms with Crippen LogP contribution < -0.4 is 10.2 Å². The molecule has 0 bridgehead atoms. The van der Waals surface area contributed by atoms with E-state index < -0.39 is 0 Å². The van der Waals surface area contributed by atoms with Gasteiger partial charge in [0.1, 0.15) is 0 Å². The number of nitrogens with one attached hydrogen (secondary N) is 1. The molecule has 0 radical (unpaired) electrons. The average Bonchev–Trinajstić information content (AvgIpc) is 2.58. The predicted molar refractivity (Wildman–Crippen MR) is 90.0 cm³/mol. The first-order valence-electron chi connectivity index (χ1n) is 7.24. The largest absolute Gasteiger partial charge is 0.504 e. The summed E-state index contributed by atoms with van der Waals surface area (Å²) in [6, 6.07) is 13.0. The number of ether oxygens (including phenoxy) is 1. The van der Waals surface area contributed by atoms with Crippen molar-refractivity contribution in [3.05, 3.63) is 54.2 Å². The number of fused-ring (bicyclic) bond motifs is 1. The number of benzene rings is 2. The van der Waals surface area contributed by atoms with Gasteiger partial charge in [-0.1, -0.05) is 30.3 Å². The predicted octanol–water partition coefficient (Wildman–Crippen LogP) is 3.18. The molecule has 23 heavy (non-hydrogen) atoms. The monoisotopic (exact) mass is 308 g/mol. The smallest absolute Gasteiger partial charge is 0.176 e. The molecular weight excluding hydrogens is 292 g/mol. The molecule has 116 valence electrons. The molecule has 0 saturated carbocycles. The summed E-state index contributed by atoms with van der Waals surface area (Å²) in [5, 5.41) is 24.1. The van der Waals surface area contributed by atoms with Crippen molar-refractivity contribution in [1.29, 1.82) is 0 Å². The maximum Gasteiger partial charge on any atom is 0.176 e. The summed E-state index contributed by atoms with van der Waals surface area (Å²) in [5.41, 5.74) is 3.41. The zero-order valence-corrected chi connectivity index (χ0v) is 12.6. The average molecular weight is 308 g/mol. The van der Waals surface area contributed by atoms with Gasteiger partial charge < -0.3 is 9.84 Å². The Balaban J connectivity index is 1.82. The summed E-state index contributed by atoms with van der Waals surface area (Å²) in [7, 11) is 0. The Labute approximate surface area is 133 Å². The molecule has 1 aromatic heterocycles. The highest BCUT2D eigenvalue weighted by atomic mass is 16.5. The van der Waals surface area contributed by atoms with Gasteiger partial charge in [-0.05, 0) is 19.1 Å². The molecule has 2 aromatic carbocycles. The van der Waals surface area contributed by atoms with E-state index in [9.17, 15) is 5.11 Å². The van der Waals surface area contributed by atoms with Crippen molar-refractivity contribution in [3.63, 3.8) is 0 Å². The van der Waals surface area contributed by atoms with Crippen LogP contribution in [0.15, 0.2) is 53.8 Å². The van der Waals surface area contributed by atoms with Crippen molar-refractivity contribution in [1.82, 2.24) is 10.2 Å². The molecule has 3 rings (SSSR count). The summed E-state index contributed by atoms with van der Waals surface area (Å²) in [6.45, 7) is 2.35. The van der Waals surface area contributed by atoms with Gasteiger partial charge in [-0.15, -0.1) is 5.10 Å². The highest BCUT2D eigenvalue weighted by molar-refractivity contribution is 5.91. The number of phenolic OH excluding ortho intramolecular Hbond substituents is 1. The van der Waals surface area contributed by atoms with Crippen LogP contribution in [-0.2, 0) is 0 Å². The second kappa shape index (κ2) is 6.74. The lowest BCUT2D eigenvalue weighted by molar-refractivity contribution is 0.318. The Morgan fingerprint density at radius 3 is 2.96 bits per heavy atom. The van der Waals surface area contributed by atoms with E-state index in [-0.39, 0.29) is 5.75 Å². The standard InChI is InChI=1S/C17H16N4O2/c1-2-23-15-9-5-7-13(16(15)22)11-19-21-17-14-8-4-3-6-12(14)10-18-20-17/h3-11,22H,2H2,1H3,(H,20,21)/b19-11+. The van der Waals surface area contributed by atoms with Gasteiger partial charge in [0.05, 0.1) is 19.0 Å². The van der Waals surface area contributed by atoms with Gasteiger partial charge in [0.2, 0.25) is 0 Å². The summed E-state index contributed by atoms with van der Waals surface area (Å²) >= 11 is 0. The van der Waals surface area contributed by atoms with Gasteiger partial charge in [-0.25, -0.2) is 0 Å². The molecule has 1 heterocycles. The molecule has 0 aliphatic heterocycles. The van der Waals surface area contributed by atoms with Gasteiger partial charge in [-0.3, -0.25) is 5.43 Å². The Hall–Kier alpha value is -3.15. The van der Waals surface area contributed by atoms with E-state index in [1.54, 1.807) is 24.4 Å². The molecule has 0 amide bonds. The third-order valence-electron chi connectivity index (χ3n) is 3.27. The van der Waals surface area contributed by atoms with Crippen molar-refractivity contribution in [2.75, 3.05) is 12.0 Å². The lowest BCUT2D eigenvalue weighted by Gasteiger charge is -2.07. The van der Waals surface area contributed by atoms with Crippen molar-refractivity contribution < 1.29 is 9.84 Å². The van der Waals surface area contributed by atoms with Crippen LogP contribution in [0.1, 0.15) is 12.5 Å². The van der Waals surface area contributed by atoms with Gasteiger partial charge in [0.25, 0.3) is 0 Å². The highest BCUT2D eigenvalue weighted by Gasteiger charge is 2.06. The first-order valence-corrected chi connectivity index (χ1v) is 7.24. The number of aromatic hydroxyl groups is 1. The third kappa shape index (κ3) is 3.21. The van der Waals surface area contributed by atoms with Crippen LogP contribution in [0.5, 0.6) is 11.5 Å². The highest BCUT2D eigenvalue weighted by Crippen LogP contribution is 2.28. The fourth-order valence-corrected chi connectivity index (χ4v) is 2.19. The number of para-hydroxylation sites is 1. The summed E-state index contributed by atoms with van der Waals surface area (Å²) in [6.07, 6.45) is 3.21. The molecule has 2 N–H and O–H groups in total. The second-order valence-electron chi connectivity index (χ2n) is 4.78. The van der Waals surface area contributed by atoms with Crippen LogP contribution in [0.2, 0.25) is 0 Å². The SMILES string of the molecule is CCOc1cccc(/C=N/Nc2nncc3ccccc23)c1O. The molecule has 6 nitrogen and oxygen atoms in total. The van der Waals surface area contributed by atoms with E-state index in [2.05, 4.69) is 20.7 Å². The first-order chi connectivity index (χ1) is 11.3. The maximum atomic E-state index is 10.1. The van der Waals surface area contributed by atoms with Crippen molar-refractivity contribution in [2.24, 2.45) is 5.10 Å². The number of phenols is 1. The second-order valence-corrected chi connectivity index (χ2v) is 4.78. The summed E-state index contributed by atoms with van der Waals surface area (Å²) in [5.74, 6) is 1.05. The van der Waals surface area contributed by atoms with E-state index in [1.807, 2.05) is 31.2 Å². The Kier molecular flexibility index (Phi) is 4.33. The molecule has 3 aromatic rings. The van der Waals surface area contributed by atoms with Gasteiger partial charge in [0.15, 0.2) is 17.3 Å². The molecule has 0 saturated heterocycles. The Bertz CT molecular complexity index is 844. The molecule has 0 fully saturated rings. The number of aromatic nitrogens is 2. The van der Waals surface area contributed by atoms with E-state index in [4.69, 9.17) is 4.74 Å². The molecule has 0 atom stereocenters. The molecule has 6 heteroatoms. The molecule has 0 aliphatic carbocycles. The minimum atomic E-state index is 0.0592. The van der Waals surface area contributed by atoms with Crippen LogP contribution >= 0.6 is 0 Å². The number of anilines is 1. The van der Waals surface area contributed by atoms with E-state index in [0.717, 1.165) is 10.8 Å². The van der Waals surface area contributed by atoms with E-state index >= 15 is 0 Å². The lowest BCUT2D eigenvalue weighted by Crippen LogP contribution is -1.97. The topological polar surface area (TPSA) is 79.6 Å². The fraction of sp³-hybridized carbons (Fsp3) is 0.118. The van der Waals surface area contributed by atoms with Crippen LogP contribution in [-0.4, -0.2) is 28.1 Å². The van der Waals surface area contributed by atoms with Crippen molar-refractivity contribution >= 4 is 22.8 Å². The molecule has 0 spiro atoms. The molecule has 0 unspecified atom stereocenters. The number of hydrogen-bond acceptors (Lipinski definition) is 6. The lowest BCUT2D eigenvalue weighted by atomic mass is 10.2. The summed E-state index contributed by atoms with van der Waals surface area (Å²) < 4.78 is 5.35. The Morgan fingerprint density at radius 1 is 1.22 bits per heavy atom. The van der Waals surface area contributed by atoms with Gasteiger partial charge in [0, 0.05) is 16.3 Å². The van der Waals surface area contributed by atoms with Crippen molar-refractivity contribution in [3.8, 4) is 11.5 Å². The minimum Gasteiger partial charge on any atom is -0.504 e. The normalized spacial score (nSPS) is 11.0.